The molecule has 0 unspecified atom stereocenters. The summed E-state index contributed by atoms with van der Waals surface area (Å²) >= 11 is 6.55. The van der Waals surface area contributed by atoms with Gasteiger partial charge in [-0.2, -0.15) is 18.3 Å². The number of carbonyl (C=O) groups is 2. The van der Waals surface area contributed by atoms with Gasteiger partial charge in [-0.15, -0.1) is 0 Å². The van der Waals surface area contributed by atoms with Gasteiger partial charge in [0, 0.05) is 37.4 Å². The zero-order chi connectivity index (χ0) is 41.8. The minimum Gasteiger partial charge on any atom is -0.352 e. The summed E-state index contributed by atoms with van der Waals surface area (Å²) in [5, 5.41) is 13.3. The molecule has 0 fully saturated rings. The number of amides is 2. The third-order valence-electron chi connectivity index (χ3n) is 9.66. The predicted octanol–water partition coefficient (Wildman–Crippen LogP) is 7.79. The molecule has 3 heterocycles. The molecule has 59 heavy (non-hydrogen) atoms. The molecule has 0 aliphatic heterocycles. The third kappa shape index (κ3) is 8.69. The quantitative estimate of drug-likeness (QED) is 0.0586. The van der Waals surface area contributed by atoms with Gasteiger partial charge in [0.05, 0.1) is 49.2 Å². The van der Waals surface area contributed by atoms with Crippen LogP contribution in [0.5, 0.6) is 0 Å². The number of benzene rings is 4. The summed E-state index contributed by atoms with van der Waals surface area (Å²) < 4.78 is 48.8. The first kappa shape index (κ1) is 40.7. The van der Waals surface area contributed by atoms with Crippen LogP contribution in [0, 0.1) is 0 Å². The number of hydrogen-bond donors (Lipinski definition) is 3. The highest BCUT2D eigenvalue weighted by Crippen LogP contribution is 2.44. The Morgan fingerprint density at radius 2 is 1.39 bits per heavy atom. The number of carbonyl (C=O) groups excluding carboxylic acids is 2. The van der Waals surface area contributed by atoms with Gasteiger partial charge in [-0.3, -0.25) is 18.7 Å². The number of halogens is 4. The van der Waals surface area contributed by atoms with E-state index in [0.29, 0.717) is 52.9 Å². The normalized spacial score (nSPS) is 12.1. The van der Waals surface area contributed by atoms with Gasteiger partial charge in [-0.25, -0.2) is 9.97 Å². The van der Waals surface area contributed by atoms with Crippen molar-refractivity contribution in [3.8, 4) is 11.3 Å². The van der Waals surface area contributed by atoms with E-state index in [9.17, 15) is 9.59 Å². The molecule has 15 heteroatoms. The number of fused-ring (bicyclic) bond motifs is 1. The van der Waals surface area contributed by atoms with Crippen LogP contribution in [0.4, 0.5) is 24.7 Å². The molecule has 7 aromatic rings. The largest absolute Gasteiger partial charge is 0.435 e. The molecular weight excluding hydrogens is 779 g/mol. The molecule has 0 bridgehead atoms. The lowest BCUT2D eigenvalue weighted by Crippen LogP contribution is -2.44. The van der Waals surface area contributed by atoms with Gasteiger partial charge in [-0.05, 0) is 41.3 Å². The number of aromatic nitrogens is 5. The number of hydrogen-bond acceptors (Lipinski definition) is 6. The zero-order valence-electron chi connectivity index (χ0n) is 32.5. The number of nitrogens with zero attached hydrogens (tertiary/aromatic N) is 6. The smallest absolute Gasteiger partial charge is 0.352 e. The van der Waals surface area contributed by atoms with Gasteiger partial charge in [0.2, 0.25) is 0 Å². The maximum absolute atomic E-state index is 15.1. The van der Waals surface area contributed by atoms with Crippen LogP contribution in [0.1, 0.15) is 39.2 Å². The fourth-order valence-corrected chi connectivity index (χ4v) is 7.36. The summed E-state index contributed by atoms with van der Waals surface area (Å²) in [5.41, 5.74) is 0.701. The molecule has 302 valence electrons. The number of alkyl halides is 3. The fourth-order valence-electron chi connectivity index (χ4n) is 7.10. The summed E-state index contributed by atoms with van der Waals surface area (Å²) in [7, 11) is 5.78. The molecule has 4 aromatic carbocycles. The lowest BCUT2D eigenvalue weighted by Gasteiger charge is -2.36. The van der Waals surface area contributed by atoms with Crippen LogP contribution in [0.3, 0.4) is 0 Å². The van der Waals surface area contributed by atoms with Crippen molar-refractivity contribution < 1.29 is 27.2 Å². The summed E-state index contributed by atoms with van der Waals surface area (Å²) in [6.07, 6.45) is 1.49. The van der Waals surface area contributed by atoms with Gasteiger partial charge in [0.1, 0.15) is 5.54 Å². The van der Waals surface area contributed by atoms with E-state index in [2.05, 4.69) is 31.0 Å². The molecule has 11 nitrogen and oxygen atoms in total. The lowest BCUT2D eigenvalue weighted by atomic mass is 9.77. The van der Waals surface area contributed by atoms with Crippen LogP contribution < -0.4 is 16.0 Å². The number of likely N-dealkylation sites (N-methyl/N-ethyl adjacent to an activating group) is 1. The summed E-state index contributed by atoms with van der Waals surface area (Å²) in [4.78, 5) is 33.9. The number of rotatable bonds is 14. The topological polar surface area (TPSA) is 118 Å². The molecule has 0 saturated carbocycles. The van der Waals surface area contributed by atoms with E-state index in [-0.39, 0.29) is 45.1 Å². The van der Waals surface area contributed by atoms with Crippen LogP contribution >= 0.6 is 11.6 Å². The van der Waals surface area contributed by atoms with Gasteiger partial charge in [0.15, 0.2) is 23.7 Å². The fraction of sp³-hybridized carbons (Fsp3) is 0.205. The van der Waals surface area contributed by atoms with Gasteiger partial charge < -0.3 is 20.4 Å². The molecule has 0 aliphatic carbocycles. The number of anilines is 2. The second-order valence-corrected chi connectivity index (χ2v) is 15.4. The van der Waals surface area contributed by atoms with Gasteiger partial charge in [0.25, 0.3) is 11.8 Å². The van der Waals surface area contributed by atoms with E-state index < -0.39 is 17.4 Å². The Morgan fingerprint density at radius 3 is 1.95 bits per heavy atom. The Kier molecular flexibility index (Phi) is 11.6. The molecule has 0 radical (unpaired) electrons. The first-order valence-corrected chi connectivity index (χ1v) is 19.2. The minimum atomic E-state index is -4.83. The summed E-state index contributed by atoms with van der Waals surface area (Å²) in [6, 6.07) is 32.8. The van der Waals surface area contributed by atoms with E-state index in [1.165, 1.54) is 33.9 Å². The van der Waals surface area contributed by atoms with E-state index in [1.807, 2.05) is 112 Å². The third-order valence-corrected chi connectivity index (χ3v) is 9.97. The first-order valence-electron chi connectivity index (χ1n) is 18.8. The summed E-state index contributed by atoms with van der Waals surface area (Å²) in [5.74, 6) is -0.205. The first-order chi connectivity index (χ1) is 28.3. The SMILES string of the molecule is C[N+](C)(C)CC(=O)NCCCNC(=O)c1ccc(Nc2nccn3c(-c4cn(C(c5ccccc5)(c5ccccc5)c5ccccc5)nc4C(F)(F)F)cnc23)cc1Cl. The van der Waals surface area contributed by atoms with E-state index in [0.717, 1.165) is 0 Å². The maximum Gasteiger partial charge on any atom is 0.435 e. The second kappa shape index (κ2) is 16.8. The van der Waals surface area contributed by atoms with Crippen molar-refractivity contribution in [2.24, 2.45) is 0 Å². The number of imidazole rings is 1. The Hall–Kier alpha value is -6.51. The average molecular weight is 821 g/mol. The van der Waals surface area contributed by atoms with Crippen LogP contribution in [0.15, 0.2) is 134 Å². The number of quaternary nitrogens is 1. The van der Waals surface area contributed by atoms with Gasteiger partial charge in [-0.1, -0.05) is 103 Å². The molecule has 0 saturated heterocycles. The second-order valence-electron chi connectivity index (χ2n) is 15.0. The number of nitrogens with one attached hydrogen (secondary N) is 3. The van der Waals surface area contributed by atoms with E-state index in [4.69, 9.17) is 11.6 Å². The molecule has 3 N–H and O–H groups in total. The Balaban J connectivity index is 1.19. The van der Waals surface area contributed by atoms with Crippen LogP contribution in [-0.4, -0.2) is 81.2 Å². The van der Waals surface area contributed by atoms with Crippen molar-refractivity contribution in [1.82, 2.24) is 34.8 Å². The van der Waals surface area contributed by atoms with Crippen molar-refractivity contribution in [3.05, 3.63) is 167 Å². The van der Waals surface area contributed by atoms with Crippen molar-refractivity contribution in [2.45, 2.75) is 18.1 Å². The van der Waals surface area contributed by atoms with Crippen LogP contribution in [-0.2, 0) is 16.5 Å². The highest BCUT2D eigenvalue weighted by molar-refractivity contribution is 6.34. The molecule has 7 rings (SSSR count). The zero-order valence-corrected chi connectivity index (χ0v) is 33.3. The monoisotopic (exact) mass is 820 g/mol. The Bertz CT molecular complexity index is 2480. The molecule has 0 aliphatic rings. The molecular formula is C44H42ClF3N9O2+. The van der Waals surface area contributed by atoms with Crippen molar-refractivity contribution in [3.63, 3.8) is 0 Å². The predicted molar refractivity (Wildman–Crippen MR) is 221 cm³/mol. The molecule has 3 aromatic heterocycles. The van der Waals surface area contributed by atoms with Crippen LogP contribution in [0.25, 0.3) is 16.9 Å². The van der Waals surface area contributed by atoms with E-state index >= 15 is 13.2 Å². The van der Waals surface area contributed by atoms with E-state index in [1.54, 1.807) is 18.2 Å². The Labute approximate surface area is 344 Å². The van der Waals surface area contributed by atoms with Crippen molar-refractivity contribution in [2.75, 3.05) is 46.1 Å². The summed E-state index contributed by atoms with van der Waals surface area (Å²) in [6.45, 7) is 1.09. The Morgan fingerprint density at radius 1 is 0.797 bits per heavy atom. The van der Waals surface area contributed by atoms with Crippen molar-refractivity contribution >= 4 is 40.6 Å². The van der Waals surface area contributed by atoms with Crippen LogP contribution in [0.2, 0.25) is 5.02 Å². The highest BCUT2D eigenvalue weighted by atomic mass is 35.5. The molecule has 2 amide bonds. The molecule has 0 spiro atoms. The lowest BCUT2D eigenvalue weighted by molar-refractivity contribution is -0.862. The standard InChI is InChI=1S/C44H41ClF3N9O2/c1-57(2,3)29-38(58)49-22-13-23-51-42(59)34-21-20-33(26-36(34)45)53-40-41-52-27-37(55(41)25-24-50-40)35-28-56(54-39(35)44(46,47)48)43(30-14-7-4-8-15-30,31-16-9-5-10-17-31)32-18-11-6-12-19-32/h4-12,14-21,24-28H,13,22-23,29H2,1-3H3,(H2-,49,50,51,53,58,59)/p+1. The van der Waals surface area contributed by atoms with Crippen molar-refractivity contribution in [1.29, 1.82) is 0 Å². The minimum absolute atomic E-state index is 0.0681. The van der Waals surface area contributed by atoms with Gasteiger partial charge >= 0.3 is 6.18 Å². The average Bonchev–Trinajstić information content (AvgIpc) is 3.85. The maximum atomic E-state index is 15.1. The highest BCUT2D eigenvalue weighted by Gasteiger charge is 2.44. The molecule has 0 atom stereocenters.